The number of amides is 2. The van der Waals surface area contributed by atoms with Crippen molar-refractivity contribution in [1.82, 2.24) is 10.6 Å². The molecule has 0 heterocycles. The summed E-state index contributed by atoms with van der Waals surface area (Å²) < 4.78 is 1.04. The first kappa shape index (κ1) is 13.4. The molecule has 98 valence electrons. The van der Waals surface area contributed by atoms with Crippen LogP contribution in [0.15, 0.2) is 28.7 Å². The number of nitrogens with one attached hydrogen (secondary N) is 2. The van der Waals surface area contributed by atoms with Crippen LogP contribution in [0.5, 0.6) is 0 Å². The number of hydrogen-bond donors (Lipinski definition) is 2. The van der Waals surface area contributed by atoms with E-state index in [-0.39, 0.29) is 6.03 Å². The predicted molar refractivity (Wildman–Crippen MR) is 76.3 cm³/mol. The molecule has 2 rings (SSSR count). The summed E-state index contributed by atoms with van der Waals surface area (Å²) in [5.74, 6) is 0.682. The minimum absolute atomic E-state index is 0.0677. The van der Waals surface area contributed by atoms with E-state index in [1.165, 1.54) is 25.7 Å². The van der Waals surface area contributed by atoms with Gasteiger partial charge in [0.25, 0.3) is 0 Å². The monoisotopic (exact) mass is 310 g/mol. The zero-order chi connectivity index (χ0) is 12.8. The topological polar surface area (TPSA) is 41.1 Å². The molecule has 1 aromatic rings. The van der Waals surface area contributed by atoms with Gasteiger partial charge in [-0.15, -0.1) is 0 Å². The van der Waals surface area contributed by atoms with Crippen molar-refractivity contribution in [3.63, 3.8) is 0 Å². The highest BCUT2D eigenvalue weighted by atomic mass is 79.9. The van der Waals surface area contributed by atoms with Crippen LogP contribution in [-0.4, -0.2) is 12.6 Å². The molecule has 2 N–H and O–H groups in total. The number of urea groups is 1. The second-order valence-corrected chi connectivity index (χ2v) is 5.76. The molecular formula is C14H19BrN2O. The van der Waals surface area contributed by atoms with Crippen LogP contribution in [0.25, 0.3) is 0 Å². The van der Waals surface area contributed by atoms with Gasteiger partial charge in [0.05, 0.1) is 0 Å². The fourth-order valence-electron chi connectivity index (χ4n) is 2.34. The molecular weight excluding hydrogens is 292 g/mol. The van der Waals surface area contributed by atoms with Gasteiger partial charge in [0.1, 0.15) is 0 Å². The Hall–Kier alpha value is -1.03. The average molecular weight is 311 g/mol. The number of rotatable bonds is 4. The second-order valence-electron chi connectivity index (χ2n) is 4.84. The summed E-state index contributed by atoms with van der Waals surface area (Å²) in [6.45, 7) is 1.38. The van der Waals surface area contributed by atoms with Gasteiger partial charge in [-0.3, -0.25) is 0 Å². The first-order valence-corrected chi connectivity index (χ1v) is 7.29. The third-order valence-corrected chi connectivity index (χ3v) is 3.86. The second kappa shape index (κ2) is 6.78. The van der Waals surface area contributed by atoms with Crippen molar-refractivity contribution >= 4 is 22.0 Å². The third kappa shape index (κ3) is 4.33. The molecule has 0 radical (unpaired) electrons. The lowest BCUT2D eigenvalue weighted by Crippen LogP contribution is -2.37. The molecule has 1 aromatic carbocycles. The molecule has 1 aliphatic carbocycles. The van der Waals surface area contributed by atoms with E-state index in [4.69, 9.17) is 0 Å². The number of halogens is 1. The SMILES string of the molecule is O=C(NCc1cccc(Br)c1)NCC1CCCC1. The number of hydrogen-bond acceptors (Lipinski definition) is 1. The highest BCUT2D eigenvalue weighted by Crippen LogP contribution is 2.23. The van der Waals surface area contributed by atoms with Crippen LogP contribution >= 0.6 is 15.9 Å². The Labute approximate surface area is 116 Å². The van der Waals surface area contributed by atoms with E-state index in [0.29, 0.717) is 12.5 Å². The van der Waals surface area contributed by atoms with Gasteiger partial charge in [0.15, 0.2) is 0 Å². The van der Waals surface area contributed by atoms with Crippen molar-refractivity contribution in [3.05, 3.63) is 34.3 Å². The largest absolute Gasteiger partial charge is 0.338 e. The molecule has 1 aliphatic rings. The summed E-state index contributed by atoms with van der Waals surface area (Å²) >= 11 is 3.42. The lowest BCUT2D eigenvalue weighted by Gasteiger charge is -2.11. The molecule has 0 aliphatic heterocycles. The maximum Gasteiger partial charge on any atom is 0.315 e. The van der Waals surface area contributed by atoms with Crippen LogP contribution < -0.4 is 10.6 Å². The Kier molecular flexibility index (Phi) is 5.05. The summed E-state index contributed by atoms with van der Waals surface area (Å²) in [6, 6.07) is 7.89. The zero-order valence-electron chi connectivity index (χ0n) is 10.4. The molecule has 0 saturated heterocycles. The minimum Gasteiger partial charge on any atom is -0.338 e. The number of carbonyl (C=O) groups is 1. The zero-order valence-corrected chi connectivity index (χ0v) is 12.0. The van der Waals surface area contributed by atoms with Crippen LogP contribution in [0.3, 0.4) is 0 Å². The molecule has 4 heteroatoms. The lowest BCUT2D eigenvalue weighted by molar-refractivity contribution is 0.238. The van der Waals surface area contributed by atoms with Crippen molar-refractivity contribution in [3.8, 4) is 0 Å². The Morgan fingerprint density at radius 1 is 1.28 bits per heavy atom. The van der Waals surface area contributed by atoms with E-state index in [1.807, 2.05) is 24.3 Å². The van der Waals surface area contributed by atoms with Crippen LogP contribution in [0, 0.1) is 5.92 Å². The fourth-order valence-corrected chi connectivity index (χ4v) is 2.79. The van der Waals surface area contributed by atoms with E-state index >= 15 is 0 Å². The molecule has 1 saturated carbocycles. The van der Waals surface area contributed by atoms with Crippen molar-refractivity contribution < 1.29 is 4.79 Å². The molecule has 1 fully saturated rings. The third-order valence-electron chi connectivity index (χ3n) is 3.37. The van der Waals surface area contributed by atoms with Gasteiger partial charge in [0, 0.05) is 17.6 Å². The van der Waals surface area contributed by atoms with E-state index < -0.39 is 0 Å². The molecule has 0 spiro atoms. The molecule has 0 unspecified atom stereocenters. The van der Waals surface area contributed by atoms with E-state index in [2.05, 4.69) is 26.6 Å². The summed E-state index contributed by atoms with van der Waals surface area (Å²) in [4.78, 5) is 11.6. The van der Waals surface area contributed by atoms with E-state index in [1.54, 1.807) is 0 Å². The van der Waals surface area contributed by atoms with E-state index in [0.717, 1.165) is 16.6 Å². The first-order chi connectivity index (χ1) is 8.74. The molecule has 2 amide bonds. The smallest absolute Gasteiger partial charge is 0.315 e. The summed E-state index contributed by atoms with van der Waals surface area (Å²) in [5.41, 5.74) is 1.10. The van der Waals surface area contributed by atoms with Crippen molar-refractivity contribution in [2.45, 2.75) is 32.2 Å². The lowest BCUT2D eigenvalue weighted by atomic mass is 10.1. The van der Waals surface area contributed by atoms with Gasteiger partial charge < -0.3 is 10.6 Å². The predicted octanol–water partition coefficient (Wildman–Crippen LogP) is 3.44. The highest BCUT2D eigenvalue weighted by Gasteiger charge is 2.15. The Balaban J connectivity index is 1.68. The fraction of sp³-hybridized carbons (Fsp3) is 0.500. The number of carbonyl (C=O) groups excluding carboxylic acids is 1. The molecule has 18 heavy (non-hydrogen) atoms. The number of benzene rings is 1. The quantitative estimate of drug-likeness (QED) is 0.879. The first-order valence-electron chi connectivity index (χ1n) is 6.50. The van der Waals surface area contributed by atoms with Gasteiger partial charge in [-0.1, -0.05) is 40.9 Å². The molecule has 0 aromatic heterocycles. The Morgan fingerprint density at radius 3 is 2.78 bits per heavy atom. The van der Waals surface area contributed by atoms with Crippen molar-refractivity contribution in [2.75, 3.05) is 6.54 Å². The standard InChI is InChI=1S/C14H19BrN2O/c15-13-7-3-6-12(8-13)10-17-14(18)16-9-11-4-1-2-5-11/h3,6-8,11H,1-2,4-5,9-10H2,(H2,16,17,18). The van der Waals surface area contributed by atoms with Crippen LogP contribution in [0.1, 0.15) is 31.2 Å². The van der Waals surface area contributed by atoms with E-state index in [9.17, 15) is 4.79 Å². The normalized spacial score (nSPS) is 15.6. The van der Waals surface area contributed by atoms with Gasteiger partial charge >= 0.3 is 6.03 Å². The molecule has 0 atom stereocenters. The van der Waals surface area contributed by atoms with Gasteiger partial charge in [0.2, 0.25) is 0 Å². The molecule has 3 nitrogen and oxygen atoms in total. The van der Waals surface area contributed by atoms with Crippen LogP contribution in [-0.2, 0) is 6.54 Å². The highest BCUT2D eigenvalue weighted by molar-refractivity contribution is 9.10. The van der Waals surface area contributed by atoms with Gasteiger partial charge in [-0.25, -0.2) is 4.79 Å². The summed E-state index contributed by atoms with van der Waals surface area (Å²) in [5, 5.41) is 5.83. The molecule has 0 bridgehead atoms. The Bertz CT molecular complexity index is 403. The average Bonchev–Trinajstić information content (AvgIpc) is 2.87. The van der Waals surface area contributed by atoms with Crippen LogP contribution in [0.2, 0.25) is 0 Å². The van der Waals surface area contributed by atoms with Crippen molar-refractivity contribution in [1.29, 1.82) is 0 Å². The van der Waals surface area contributed by atoms with Crippen LogP contribution in [0.4, 0.5) is 4.79 Å². The minimum atomic E-state index is -0.0677. The van der Waals surface area contributed by atoms with Gasteiger partial charge in [-0.2, -0.15) is 0 Å². The summed E-state index contributed by atoms with van der Waals surface area (Å²) in [7, 11) is 0. The van der Waals surface area contributed by atoms with Crippen molar-refractivity contribution in [2.24, 2.45) is 5.92 Å². The maximum atomic E-state index is 11.6. The maximum absolute atomic E-state index is 11.6. The Morgan fingerprint density at radius 2 is 2.06 bits per heavy atom. The summed E-state index contributed by atoms with van der Waals surface area (Å²) in [6.07, 6.45) is 5.13. The van der Waals surface area contributed by atoms with Gasteiger partial charge in [-0.05, 0) is 36.5 Å².